The van der Waals surface area contributed by atoms with Gasteiger partial charge in [0, 0.05) is 26.2 Å². The molecule has 106 valence electrons. The third-order valence-electron chi connectivity index (χ3n) is 2.60. The zero-order valence-electron chi connectivity index (χ0n) is 11.0. The molecule has 0 fully saturated rings. The Bertz CT molecular complexity index is 675. The van der Waals surface area contributed by atoms with Gasteiger partial charge in [0.05, 0.1) is 11.9 Å². The van der Waals surface area contributed by atoms with Crippen molar-refractivity contribution >= 4 is 11.6 Å². The van der Waals surface area contributed by atoms with Crippen LogP contribution in [-0.4, -0.2) is 34.9 Å². The van der Waals surface area contributed by atoms with Crippen molar-refractivity contribution < 1.29 is 9.32 Å². The highest BCUT2D eigenvalue weighted by molar-refractivity contribution is 5.91. The molecule has 0 aliphatic carbocycles. The van der Waals surface area contributed by atoms with Gasteiger partial charge < -0.3 is 9.42 Å². The maximum atomic E-state index is 11.9. The van der Waals surface area contributed by atoms with Gasteiger partial charge in [-0.2, -0.15) is 5.10 Å². The summed E-state index contributed by atoms with van der Waals surface area (Å²) in [7, 11) is 3.63. The zero-order valence-corrected chi connectivity index (χ0v) is 11.0. The number of carbonyl (C=O) groups is 1. The van der Waals surface area contributed by atoms with E-state index in [1.54, 1.807) is 11.1 Å². The van der Waals surface area contributed by atoms with Crippen molar-refractivity contribution in [1.82, 2.24) is 20.4 Å². The molecular weight excluding hydrogens is 264 g/mol. The van der Waals surface area contributed by atoms with Crippen LogP contribution >= 0.6 is 0 Å². The van der Waals surface area contributed by atoms with Crippen LogP contribution in [0.3, 0.4) is 0 Å². The minimum absolute atomic E-state index is 0.0421. The van der Waals surface area contributed by atoms with E-state index in [9.17, 15) is 9.59 Å². The second kappa shape index (κ2) is 5.53. The molecule has 2 heterocycles. The smallest absolute Gasteiger partial charge is 0.287 e. The summed E-state index contributed by atoms with van der Waals surface area (Å²) < 4.78 is 6.15. The molecule has 2 aromatic rings. The Morgan fingerprint density at radius 2 is 2.25 bits per heavy atom. The Morgan fingerprint density at radius 3 is 2.85 bits per heavy atom. The highest BCUT2D eigenvalue weighted by atomic mass is 16.5. The summed E-state index contributed by atoms with van der Waals surface area (Å²) in [5.74, 6) is 4.74. The largest absolute Gasteiger partial charge is 0.376 e. The summed E-state index contributed by atoms with van der Waals surface area (Å²) in [4.78, 5) is 24.9. The molecule has 0 bridgehead atoms. The number of carbonyl (C=O) groups excluding carboxylic acids is 1. The van der Waals surface area contributed by atoms with Crippen molar-refractivity contribution in [2.45, 2.75) is 6.54 Å². The number of anilines is 1. The SMILES string of the molecule is CN(C)c1cnn(Cc2cc(C(=O)NN)no2)c(=O)c1. The van der Waals surface area contributed by atoms with E-state index >= 15 is 0 Å². The van der Waals surface area contributed by atoms with E-state index < -0.39 is 5.91 Å². The van der Waals surface area contributed by atoms with E-state index in [1.807, 2.05) is 19.5 Å². The molecule has 0 unspecified atom stereocenters. The lowest BCUT2D eigenvalue weighted by Crippen LogP contribution is -2.30. The third kappa shape index (κ3) is 2.83. The molecule has 0 saturated carbocycles. The molecule has 0 atom stereocenters. The number of amides is 1. The maximum Gasteiger partial charge on any atom is 0.287 e. The lowest BCUT2D eigenvalue weighted by Gasteiger charge is -2.11. The lowest BCUT2D eigenvalue weighted by molar-refractivity contribution is 0.0944. The number of nitrogens with zero attached hydrogens (tertiary/aromatic N) is 4. The van der Waals surface area contributed by atoms with E-state index in [1.165, 1.54) is 16.8 Å². The van der Waals surface area contributed by atoms with E-state index in [0.29, 0.717) is 11.4 Å². The molecule has 2 aromatic heterocycles. The first-order chi connectivity index (χ1) is 9.51. The number of nitrogens with two attached hydrogens (primary N) is 1. The highest BCUT2D eigenvalue weighted by Crippen LogP contribution is 2.06. The van der Waals surface area contributed by atoms with Crippen molar-refractivity contribution in [1.29, 1.82) is 0 Å². The fraction of sp³-hybridized carbons (Fsp3) is 0.273. The average Bonchev–Trinajstić information content (AvgIpc) is 2.88. The third-order valence-corrected chi connectivity index (χ3v) is 2.60. The number of hydrogen-bond donors (Lipinski definition) is 2. The average molecular weight is 278 g/mol. The van der Waals surface area contributed by atoms with Crippen molar-refractivity contribution in [3.8, 4) is 0 Å². The Hall–Kier alpha value is -2.68. The minimum Gasteiger partial charge on any atom is -0.376 e. The summed E-state index contributed by atoms with van der Waals surface area (Å²) in [6.45, 7) is 0.0807. The molecule has 0 aromatic carbocycles. The van der Waals surface area contributed by atoms with E-state index in [2.05, 4.69) is 10.3 Å². The van der Waals surface area contributed by atoms with Gasteiger partial charge in [0.15, 0.2) is 11.5 Å². The van der Waals surface area contributed by atoms with Gasteiger partial charge in [-0.1, -0.05) is 5.16 Å². The van der Waals surface area contributed by atoms with Crippen LogP contribution < -0.4 is 21.7 Å². The predicted molar refractivity (Wildman–Crippen MR) is 70.1 cm³/mol. The van der Waals surface area contributed by atoms with Crippen LogP contribution in [0.2, 0.25) is 0 Å². The molecular formula is C11H14N6O3. The normalized spacial score (nSPS) is 10.3. The summed E-state index contributed by atoms with van der Waals surface area (Å²) >= 11 is 0. The molecule has 0 aliphatic rings. The summed E-state index contributed by atoms with van der Waals surface area (Å²) in [5.41, 5.74) is 2.40. The molecule has 9 nitrogen and oxygen atoms in total. The fourth-order valence-corrected chi connectivity index (χ4v) is 1.50. The van der Waals surface area contributed by atoms with Gasteiger partial charge >= 0.3 is 0 Å². The van der Waals surface area contributed by atoms with Gasteiger partial charge in [0.2, 0.25) is 0 Å². The summed E-state index contributed by atoms with van der Waals surface area (Å²) in [6, 6.07) is 2.85. The van der Waals surface area contributed by atoms with Crippen molar-refractivity contribution in [3.05, 3.63) is 40.1 Å². The Labute approximate surface area is 113 Å². The number of rotatable bonds is 4. The minimum atomic E-state index is -0.566. The Kier molecular flexibility index (Phi) is 3.80. The first-order valence-electron chi connectivity index (χ1n) is 5.72. The Morgan fingerprint density at radius 1 is 1.50 bits per heavy atom. The van der Waals surface area contributed by atoms with Crippen LogP contribution in [0.4, 0.5) is 5.69 Å². The molecule has 0 saturated heterocycles. The van der Waals surface area contributed by atoms with Gasteiger partial charge in [-0.3, -0.25) is 15.0 Å². The van der Waals surface area contributed by atoms with E-state index in [0.717, 1.165) is 0 Å². The van der Waals surface area contributed by atoms with Crippen molar-refractivity contribution in [3.63, 3.8) is 0 Å². The number of hydrazine groups is 1. The van der Waals surface area contributed by atoms with Crippen LogP contribution in [0.5, 0.6) is 0 Å². The number of nitrogen functional groups attached to an aromatic ring is 1. The molecule has 0 aliphatic heterocycles. The van der Waals surface area contributed by atoms with Crippen molar-refractivity contribution in [2.24, 2.45) is 5.84 Å². The van der Waals surface area contributed by atoms with Crippen LogP contribution in [-0.2, 0) is 6.54 Å². The zero-order chi connectivity index (χ0) is 14.7. The van der Waals surface area contributed by atoms with Gasteiger partial charge in [0.25, 0.3) is 11.5 Å². The molecule has 2 rings (SSSR count). The number of aromatic nitrogens is 3. The van der Waals surface area contributed by atoms with E-state index in [4.69, 9.17) is 10.4 Å². The van der Waals surface area contributed by atoms with Gasteiger partial charge in [-0.15, -0.1) is 0 Å². The topological polar surface area (TPSA) is 119 Å². The van der Waals surface area contributed by atoms with Gasteiger partial charge in [0.1, 0.15) is 6.54 Å². The second-order valence-electron chi connectivity index (χ2n) is 4.26. The summed E-state index contributed by atoms with van der Waals surface area (Å²) in [5, 5.41) is 7.56. The van der Waals surface area contributed by atoms with Crippen LogP contribution in [0, 0.1) is 0 Å². The summed E-state index contributed by atoms with van der Waals surface area (Å²) in [6.07, 6.45) is 1.56. The monoisotopic (exact) mass is 278 g/mol. The maximum absolute atomic E-state index is 11.9. The van der Waals surface area contributed by atoms with Crippen LogP contribution in [0.25, 0.3) is 0 Å². The molecule has 1 amide bonds. The Balaban J connectivity index is 2.20. The highest BCUT2D eigenvalue weighted by Gasteiger charge is 2.12. The molecule has 9 heteroatoms. The van der Waals surface area contributed by atoms with Gasteiger partial charge in [-0.25, -0.2) is 10.5 Å². The standard InChI is InChI=1S/C11H14N6O3/c1-16(2)7-3-10(18)17(13-5-7)6-8-4-9(15-20-8)11(19)14-12/h3-5H,6,12H2,1-2H3,(H,14,19). The molecule has 0 spiro atoms. The second-order valence-corrected chi connectivity index (χ2v) is 4.26. The fourth-order valence-electron chi connectivity index (χ4n) is 1.50. The number of nitrogens with one attached hydrogen (secondary N) is 1. The first kappa shape index (κ1) is 13.7. The van der Waals surface area contributed by atoms with E-state index in [-0.39, 0.29) is 17.8 Å². The quantitative estimate of drug-likeness (QED) is 0.416. The molecule has 0 radical (unpaired) electrons. The van der Waals surface area contributed by atoms with Crippen LogP contribution in [0.15, 0.2) is 27.6 Å². The van der Waals surface area contributed by atoms with Crippen molar-refractivity contribution in [2.75, 3.05) is 19.0 Å². The lowest BCUT2D eigenvalue weighted by atomic mass is 10.3. The first-order valence-corrected chi connectivity index (χ1v) is 5.72. The molecule has 3 N–H and O–H groups in total. The number of hydrogen-bond acceptors (Lipinski definition) is 7. The van der Waals surface area contributed by atoms with Gasteiger partial charge in [-0.05, 0) is 0 Å². The van der Waals surface area contributed by atoms with Crippen LogP contribution in [0.1, 0.15) is 16.2 Å². The molecule has 20 heavy (non-hydrogen) atoms. The predicted octanol–water partition coefficient (Wildman–Crippen LogP) is -1.05.